The van der Waals surface area contributed by atoms with Gasteiger partial charge in [-0.15, -0.1) is 0 Å². The number of halogens is 3. The van der Waals surface area contributed by atoms with Gasteiger partial charge in [-0.2, -0.15) is 4.98 Å². The molecular weight excluding hydrogens is 423 g/mol. The molecule has 1 aliphatic heterocycles. The van der Waals surface area contributed by atoms with Crippen LogP contribution in [-0.4, -0.2) is 40.1 Å². The second-order valence-corrected chi connectivity index (χ2v) is 7.24. The van der Waals surface area contributed by atoms with E-state index >= 15 is 0 Å². The summed E-state index contributed by atoms with van der Waals surface area (Å²) in [5.74, 6) is -3.47. The van der Waals surface area contributed by atoms with Crippen molar-refractivity contribution in [3.63, 3.8) is 0 Å². The Morgan fingerprint density at radius 2 is 1.88 bits per heavy atom. The SMILES string of the molecule is O=C(Nc1cncnc1OC1CCCNCC1)c1ccc(F)c(-c2c(F)cccc2F)n1. The van der Waals surface area contributed by atoms with E-state index in [4.69, 9.17) is 4.74 Å². The molecule has 2 aromatic heterocycles. The van der Waals surface area contributed by atoms with Crippen LogP contribution >= 0.6 is 0 Å². The van der Waals surface area contributed by atoms with Gasteiger partial charge in [0.15, 0.2) is 0 Å². The van der Waals surface area contributed by atoms with Gasteiger partial charge in [0, 0.05) is 0 Å². The summed E-state index contributed by atoms with van der Waals surface area (Å²) in [6.07, 6.45) is 5.17. The van der Waals surface area contributed by atoms with Crippen LogP contribution in [0.25, 0.3) is 11.3 Å². The van der Waals surface area contributed by atoms with Crippen LogP contribution in [-0.2, 0) is 0 Å². The van der Waals surface area contributed by atoms with Crippen LogP contribution in [0.2, 0.25) is 0 Å². The first-order valence-corrected chi connectivity index (χ1v) is 10.1. The Morgan fingerprint density at radius 1 is 1.06 bits per heavy atom. The zero-order chi connectivity index (χ0) is 22.5. The molecule has 7 nitrogen and oxygen atoms in total. The van der Waals surface area contributed by atoms with E-state index in [9.17, 15) is 18.0 Å². The summed E-state index contributed by atoms with van der Waals surface area (Å²) >= 11 is 0. The molecule has 0 bridgehead atoms. The maximum atomic E-state index is 14.3. The van der Waals surface area contributed by atoms with Gasteiger partial charge in [-0.05, 0) is 56.6 Å². The molecule has 0 aliphatic carbocycles. The number of rotatable bonds is 5. The number of nitrogens with one attached hydrogen (secondary N) is 2. The van der Waals surface area contributed by atoms with E-state index in [2.05, 4.69) is 25.6 Å². The van der Waals surface area contributed by atoms with Gasteiger partial charge >= 0.3 is 0 Å². The summed E-state index contributed by atoms with van der Waals surface area (Å²) in [4.78, 5) is 24.6. The number of benzene rings is 1. The molecule has 3 heterocycles. The predicted octanol–water partition coefficient (Wildman–Crippen LogP) is 3.73. The Kier molecular flexibility index (Phi) is 6.60. The van der Waals surface area contributed by atoms with E-state index < -0.39 is 34.6 Å². The van der Waals surface area contributed by atoms with Crippen molar-refractivity contribution in [3.05, 3.63) is 66.0 Å². The molecule has 0 saturated carbocycles. The van der Waals surface area contributed by atoms with Crippen LogP contribution in [0, 0.1) is 17.5 Å². The van der Waals surface area contributed by atoms with Crippen molar-refractivity contribution >= 4 is 11.6 Å². The van der Waals surface area contributed by atoms with E-state index in [0.29, 0.717) is 0 Å². The minimum absolute atomic E-state index is 0.0740. The molecule has 1 unspecified atom stereocenters. The third-order valence-corrected chi connectivity index (χ3v) is 5.00. The lowest BCUT2D eigenvalue weighted by Gasteiger charge is -2.18. The number of pyridine rings is 1. The molecule has 1 amide bonds. The number of ether oxygens (including phenoxy) is 1. The minimum atomic E-state index is -0.987. The van der Waals surface area contributed by atoms with E-state index in [0.717, 1.165) is 62.7 Å². The highest BCUT2D eigenvalue weighted by Crippen LogP contribution is 2.28. The largest absolute Gasteiger partial charge is 0.473 e. The van der Waals surface area contributed by atoms with E-state index in [1.54, 1.807) is 0 Å². The van der Waals surface area contributed by atoms with Gasteiger partial charge in [-0.1, -0.05) is 6.07 Å². The molecular formula is C22H20F3N5O2. The van der Waals surface area contributed by atoms with Crippen molar-refractivity contribution < 1.29 is 22.7 Å². The smallest absolute Gasteiger partial charge is 0.274 e. The van der Waals surface area contributed by atoms with Gasteiger partial charge in [-0.25, -0.2) is 23.1 Å². The highest BCUT2D eigenvalue weighted by Gasteiger charge is 2.21. The fourth-order valence-electron chi connectivity index (χ4n) is 3.42. The zero-order valence-electron chi connectivity index (χ0n) is 16.9. The monoisotopic (exact) mass is 443 g/mol. The van der Waals surface area contributed by atoms with Gasteiger partial charge in [0.2, 0.25) is 5.88 Å². The molecule has 3 aromatic rings. The van der Waals surface area contributed by atoms with E-state index in [1.165, 1.54) is 12.5 Å². The van der Waals surface area contributed by atoms with Gasteiger partial charge in [0.25, 0.3) is 5.91 Å². The molecule has 1 atom stereocenters. The molecule has 1 aliphatic rings. The highest BCUT2D eigenvalue weighted by molar-refractivity contribution is 6.03. The van der Waals surface area contributed by atoms with Gasteiger partial charge < -0.3 is 15.4 Å². The first-order chi connectivity index (χ1) is 15.5. The van der Waals surface area contributed by atoms with Crippen molar-refractivity contribution in [1.82, 2.24) is 20.3 Å². The predicted molar refractivity (Wildman–Crippen MR) is 111 cm³/mol. The first kappa shape index (κ1) is 21.7. The summed E-state index contributed by atoms with van der Waals surface area (Å²) in [6.45, 7) is 1.72. The fraction of sp³-hybridized carbons (Fsp3) is 0.273. The Balaban J connectivity index is 1.58. The lowest BCUT2D eigenvalue weighted by molar-refractivity contribution is 0.102. The molecule has 32 heavy (non-hydrogen) atoms. The maximum Gasteiger partial charge on any atom is 0.274 e. The molecule has 0 radical (unpaired) electrons. The summed E-state index contributed by atoms with van der Waals surface area (Å²) in [7, 11) is 0. The van der Waals surface area contributed by atoms with Crippen molar-refractivity contribution in [2.75, 3.05) is 18.4 Å². The van der Waals surface area contributed by atoms with E-state index in [-0.39, 0.29) is 23.4 Å². The number of hydrogen-bond acceptors (Lipinski definition) is 6. The topological polar surface area (TPSA) is 89.0 Å². The number of carbonyl (C=O) groups is 1. The molecule has 1 fully saturated rings. The lowest BCUT2D eigenvalue weighted by Crippen LogP contribution is -2.21. The first-order valence-electron chi connectivity index (χ1n) is 10.1. The standard InChI is InChI=1S/C22H20F3N5O2/c23-14-4-1-5-15(24)19(14)20-16(25)6-7-17(29-20)21(31)30-18-11-27-12-28-22(18)32-13-3-2-9-26-10-8-13/h1,4-7,11-13,26H,2-3,8-10H2,(H,30,31). The van der Waals surface area contributed by atoms with Crippen LogP contribution in [0.5, 0.6) is 5.88 Å². The summed E-state index contributed by atoms with van der Waals surface area (Å²) in [5.41, 5.74) is -1.27. The maximum absolute atomic E-state index is 14.3. The summed E-state index contributed by atoms with van der Waals surface area (Å²) in [5, 5.41) is 5.87. The molecule has 2 N–H and O–H groups in total. The van der Waals surface area contributed by atoms with Gasteiger partial charge in [-0.3, -0.25) is 4.79 Å². The Labute approximate surface area is 182 Å². The van der Waals surface area contributed by atoms with Crippen LogP contribution in [0.4, 0.5) is 18.9 Å². The zero-order valence-corrected chi connectivity index (χ0v) is 16.9. The van der Waals surface area contributed by atoms with Crippen LogP contribution in [0.1, 0.15) is 29.8 Å². The average molecular weight is 443 g/mol. The quantitative estimate of drug-likeness (QED) is 0.625. The van der Waals surface area contributed by atoms with Gasteiger partial charge in [0.1, 0.15) is 47.0 Å². The van der Waals surface area contributed by atoms with Crippen LogP contribution in [0.15, 0.2) is 42.9 Å². The highest BCUT2D eigenvalue weighted by atomic mass is 19.1. The molecule has 166 valence electrons. The second-order valence-electron chi connectivity index (χ2n) is 7.24. The number of nitrogens with zero attached hydrogens (tertiary/aromatic N) is 3. The number of anilines is 1. The number of amides is 1. The fourth-order valence-corrected chi connectivity index (χ4v) is 3.42. The minimum Gasteiger partial charge on any atom is -0.473 e. The third-order valence-electron chi connectivity index (χ3n) is 5.00. The lowest BCUT2D eigenvalue weighted by atomic mass is 10.1. The average Bonchev–Trinajstić information content (AvgIpc) is 3.05. The normalized spacial score (nSPS) is 16.3. The van der Waals surface area contributed by atoms with Crippen molar-refractivity contribution in [2.45, 2.75) is 25.4 Å². The Bertz CT molecular complexity index is 1100. The van der Waals surface area contributed by atoms with Crippen molar-refractivity contribution in [1.29, 1.82) is 0 Å². The van der Waals surface area contributed by atoms with Crippen LogP contribution in [0.3, 0.4) is 0 Å². The number of hydrogen-bond donors (Lipinski definition) is 2. The second kappa shape index (κ2) is 9.73. The van der Waals surface area contributed by atoms with E-state index in [1.807, 2.05) is 0 Å². The Hall–Kier alpha value is -3.53. The van der Waals surface area contributed by atoms with Crippen LogP contribution < -0.4 is 15.4 Å². The van der Waals surface area contributed by atoms with Gasteiger partial charge in [0.05, 0.1) is 11.8 Å². The number of carbonyl (C=O) groups excluding carboxylic acids is 1. The molecule has 1 saturated heterocycles. The molecule has 0 spiro atoms. The third kappa shape index (κ3) is 4.86. The summed E-state index contributed by atoms with van der Waals surface area (Å²) in [6, 6.07) is 5.18. The van der Waals surface area contributed by atoms with Crippen molar-refractivity contribution in [2.24, 2.45) is 0 Å². The number of aromatic nitrogens is 3. The molecule has 4 rings (SSSR count). The summed E-state index contributed by atoms with van der Waals surface area (Å²) < 4.78 is 48.5. The Morgan fingerprint density at radius 3 is 2.69 bits per heavy atom. The molecule has 10 heteroatoms. The van der Waals surface area contributed by atoms with Crippen molar-refractivity contribution in [3.8, 4) is 17.1 Å². The molecule has 1 aromatic carbocycles.